The Morgan fingerprint density at radius 3 is 2.38 bits per heavy atom. The number of pyridine rings is 1. The van der Waals surface area contributed by atoms with Crippen molar-refractivity contribution >= 4 is 46.4 Å². The van der Waals surface area contributed by atoms with Gasteiger partial charge in [-0.15, -0.1) is 0 Å². The van der Waals surface area contributed by atoms with Crippen molar-refractivity contribution < 1.29 is 9.53 Å². The molecule has 0 bridgehead atoms. The number of aromatic nitrogens is 1. The van der Waals surface area contributed by atoms with Crippen molar-refractivity contribution in [3.05, 3.63) is 99.0 Å². The number of para-hydroxylation sites is 1. The first-order valence-electron chi connectivity index (χ1n) is 11.7. The average molecular weight is 553 g/mol. The number of hydrogen-bond donors (Lipinski definition) is 2. The number of hydrogen-bond acceptors (Lipinski definition) is 4. The fourth-order valence-corrected chi connectivity index (χ4v) is 5.18. The summed E-state index contributed by atoms with van der Waals surface area (Å²) in [4.78, 5) is 18.2. The lowest BCUT2D eigenvalue weighted by Gasteiger charge is -2.37. The number of nitrogens with two attached hydrogens (primary N) is 1. The highest BCUT2D eigenvalue weighted by Gasteiger charge is 2.37. The second-order valence-electron chi connectivity index (χ2n) is 9.59. The van der Waals surface area contributed by atoms with Gasteiger partial charge in [0.1, 0.15) is 5.60 Å². The Morgan fingerprint density at radius 2 is 1.68 bits per heavy atom. The molecular weight excluding hydrogens is 529 g/mol. The lowest BCUT2D eigenvalue weighted by Crippen LogP contribution is -2.41. The van der Waals surface area contributed by atoms with Crippen LogP contribution in [-0.4, -0.2) is 16.5 Å². The van der Waals surface area contributed by atoms with E-state index in [0.29, 0.717) is 49.9 Å². The van der Waals surface area contributed by atoms with Crippen molar-refractivity contribution in [2.24, 2.45) is 0 Å². The third kappa shape index (κ3) is 5.26. The fourth-order valence-electron chi connectivity index (χ4n) is 4.55. The van der Waals surface area contributed by atoms with E-state index in [4.69, 9.17) is 50.3 Å². The molecule has 0 saturated heterocycles. The summed E-state index contributed by atoms with van der Waals surface area (Å²) in [6.45, 7) is 3.94. The summed E-state index contributed by atoms with van der Waals surface area (Å²) < 4.78 is 6.32. The van der Waals surface area contributed by atoms with Gasteiger partial charge in [-0.3, -0.25) is 4.79 Å². The van der Waals surface area contributed by atoms with E-state index < -0.39 is 5.60 Å². The predicted molar refractivity (Wildman–Crippen MR) is 151 cm³/mol. The molecule has 0 spiro atoms. The third-order valence-electron chi connectivity index (χ3n) is 6.31. The third-order valence-corrected chi connectivity index (χ3v) is 7.11. The van der Waals surface area contributed by atoms with E-state index in [1.165, 1.54) is 0 Å². The smallest absolute Gasteiger partial charge is 0.253 e. The molecule has 0 saturated carbocycles. The van der Waals surface area contributed by atoms with E-state index >= 15 is 0 Å². The molecule has 5 rings (SSSR count). The summed E-state index contributed by atoms with van der Waals surface area (Å²) in [7, 11) is 0. The second-order valence-corrected chi connectivity index (χ2v) is 10.9. The van der Waals surface area contributed by atoms with Gasteiger partial charge in [-0.2, -0.15) is 0 Å². The molecule has 3 N–H and O–H groups in total. The summed E-state index contributed by atoms with van der Waals surface area (Å²) in [5.41, 5.74) is 10.1. The van der Waals surface area contributed by atoms with E-state index in [2.05, 4.69) is 5.32 Å². The molecule has 0 unspecified atom stereocenters. The highest BCUT2D eigenvalue weighted by Crippen LogP contribution is 2.45. The van der Waals surface area contributed by atoms with Crippen LogP contribution in [0.25, 0.3) is 22.4 Å². The predicted octanol–water partition coefficient (Wildman–Crippen LogP) is 7.99. The molecule has 2 heterocycles. The zero-order chi connectivity index (χ0) is 26.3. The van der Waals surface area contributed by atoms with Crippen LogP contribution in [0.2, 0.25) is 15.1 Å². The number of anilines is 1. The van der Waals surface area contributed by atoms with Crippen LogP contribution in [0.4, 0.5) is 5.69 Å². The first-order valence-corrected chi connectivity index (χ1v) is 12.9. The Labute approximate surface area is 230 Å². The van der Waals surface area contributed by atoms with Gasteiger partial charge in [-0.25, -0.2) is 4.98 Å². The highest BCUT2D eigenvalue weighted by molar-refractivity contribution is 6.36. The van der Waals surface area contributed by atoms with E-state index in [-0.39, 0.29) is 11.9 Å². The fraction of sp³-hybridized carbons (Fsp3) is 0.172. The van der Waals surface area contributed by atoms with Crippen LogP contribution < -0.4 is 15.8 Å². The largest absolute Gasteiger partial charge is 0.471 e. The number of rotatable bonds is 4. The Bertz CT molecular complexity index is 1500. The van der Waals surface area contributed by atoms with E-state index in [0.717, 1.165) is 16.7 Å². The van der Waals surface area contributed by atoms with Crippen molar-refractivity contribution in [1.82, 2.24) is 10.3 Å². The first kappa shape index (κ1) is 25.4. The number of benzene rings is 3. The molecule has 5 nitrogen and oxygen atoms in total. The maximum atomic E-state index is 13.2. The lowest BCUT2D eigenvalue weighted by molar-refractivity contribution is 0.0573. The number of halogens is 3. The number of carbonyl (C=O) groups excluding carboxylic acids is 1. The van der Waals surface area contributed by atoms with Gasteiger partial charge in [0.25, 0.3) is 5.91 Å². The van der Waals surface area contributed by atoms with Crippen LogP contribution >= 0.6 is 34.8 Å². The monoisotopic (exact) mass is 551 g/mol. The topological polar surface area (TPSA) is 77.2 Å². The van der Waals surface area contributed by atoms with Crippen molar-refractivity contribution in [1.29, 1.82) is 0 Å². The van der Waals surface area contributed by atoms with Gasteiger partial charge in [0.2, 0.25) is 5.88 Å². The standard InChI is InChI=1S/C29H24Cl3N3O2/c1-29(2)15-25(34-27(36)20-5-3-4-6-24(20)33)22-14-21(16-7-9-17(30)10-8-16)26(35-28(22)37-29)19-12-11-18(31)13-23(19)32/h3-14,25H,15,33H2,1-2H3,(H,34,36)/t25-/m1/s1. The Hall–Kier alpha value is -3.25. The Kier molecular flexibility index (Phi) is 6.80. The molecule has 4 aromatic rings. The highest BCUT2D eigenvalue weighted by atomic mass is 35.5. The van der Waals surface area contributed by atoms with Gasteiger partial charge in [-0.1, -0.05) is 59.1 Å². The summed E-state index contributed by atoms with van der Waals surface area (Å²) in [5.74, 6) is 0.172. The van der Waals surface area contributed by atoms with Crippen molar-refractivity contribution in [3.8, 4) is 28.3 Å². The van der Waals surface area contributed by atoms with Crippen LogP contribution in [-0.2, 0) is 0 Å². The number of carbonyl (C=O) groups is 1. The van der Waals surface area contributed by atoms with E-state index in [1.54, 1.807) is 36.4 Å². The zero-order valence-corrected chi connectivity index (χ0v) is 22.5. The summed E-state index contributed by atoms with van der Waals surface area (Å²) in [6.07, 6.45) is 0.543. The van der Waals surface area contributed by atoms with Gasteiger partial charge in [-0.05, 0) is 67.9 Å². The van der Waals surface area contributed by atoms with Crippen LogP contribution in [0.15, 0.2) is 72.8 Å². The van der Waals surface area contributed by atoms with Crippen molar-refractivity contribution in [2.45, 2.75) is 31.9 Å². The van der Waals surface area contributed by atoms with Gasteiger partial charge in [0, 0.05) is 38.8 Å². The second kappa shape index (κ2) is 9.90. The van der Waals surface area contributed by atoms with Crippen LogP contribution in [0.1, 0.15) is 42.2 Å². The molecule has 1 aliphatic rings. The molecule has 0 aliphatic carbocycles. The maximum Gasteiger partial charge on any atom is 0.253 e. The van der Waals surface area contributed by atoms with E-state index in [1.807, 2.05) is 50.2 Å². The van der Waals surface area contributed by atoms with E-state index in [9.17, 15) is 4.79 Å². The normalized spacial score (nSPS) is 16.0. The summed E-state index contributed by atoms with van der Waals surface area (Å²) in [6, 6.07) is 21.4. The quantitative estimate of drug-likeness (QED) is 0.252. The molecule has 1 aliphatic heterocycles. The Morgan fingerprint density at radius 1 is 0.973 bits per heavy atom. The molecule has 8 heteroatoms. The minimum Gasteiger partial charge on any atom is -0.471 e. The van der Waals surface area contributed by atoms with Gasteiger partial charge < -0.3 is 15.8 Å². The van der Waals surface area contributed by atoms with Crippen LogP contribution in [0, 0.1) is 0 Å². The first-order chi connectivity index (χ1) is 17.6. The zero-order valence-electron chi connectivity index (χ0n) is 20.2. The minimum absolute atomic E-state index is 0.260. The molecule has 1 aromatic heterocycles. The van der Waals surface area contributed by atoms with Gasteiger partial charge in [0.05, 0.1) is 22.3 Å². The Balaban J connectivity index is 1.67. The molecule has 188 valence electrons. The maximum absolute atomic E-state index is 13.2. The average Bonchev–Trinajstić information content (AvgIpc) is 2.83. The molecule has 0 radical (unpaired) electrons. The van der Waals surface area contributed by atoms with Gasteiger partial charge >= 0.3 is 0 Å². The summed E-state index contributed by atoms with van der Waals surface area (Å²) in [5, 5.41) is 4.77. The molecule has 0 fully saturated rings. The minimum atomic E-state index is -0.580. The molecular formula is C29H24Cl3N3O2. The SMILES string of the molecule is CC1(C)C[C@@H](NC(=O)c2ccccc2N)c2cc(-c3ccc(Cl)cc3)c(-c3ccc(Cl)cc3Cl)nc2O1. The van der Waals surface area contributed by atoms with Gasteiger partial charge in [0.15, 0.2) is 0 Å². The van der Waals surface area contributed by atoms with Crippen LogP contribution in [0.5, 0.6) is 5.88 Å². The number of nitrogen functional groups attached to an aromatic ring is 1. The number of ether oxygens (including phenoxy) is 1. The lowest BCUT2D eigenvalue weighted by atomic mass is 9.88. The van der Waals surface area contributed by atoms with Crippen LogP contribution in [0.3, 0.4) is 0 Å². The molecule has 1 amide bonds. The molecule has 3 aromatic carbocycles. The van der Waals surface area contributed by atoms with Crippen molar-refractivity contribution in [2.75, 3.05) is 5.73 Å². The number of fused-ring (bicyclic) bond motifs is 1. The number of nitrogens with one attached hydrogen (secondary N) is 1. The number of nitrogens with zero attached hydrogens (tertiary/aromatic N) is 1. The molecule has 1 atom stereocenters. The summed E-state index contributed by atoms with van der Waals surface area (Å²) >= 11 is 18.9. The number of amides is 1. The molecule has 37 heavy (non-hydrogen) atoms. The van der Waals surface area contributed by atoms with Crippen molar-refractivity contribution in [3.63, 3.8) is 0 Å².